The van der Waals surface area contributed by atoms with Crippen molar-refractivity contribution in [1.82, 2.24) is 9.96 Å². The Labute approximate surface area is 119 Å². The third kappa shape index (κ3) is 2.13. The number of urea groups is 1. The second-order valence-corrected chi connectivity index (χ2v) is 5.65. The number of aliphatic carboxylic acids is 1. The van der Waals surface area contributed by atoms with Crippen molar-refractivity contribution in [2.24, 2.45) is 0 Å². The fraction of sp³-hybridized carbons (Fsp3) is 0.273. The van der Waals surface area contributed by atoms with Crippen molar-refractivity contribution in [2.45, 2.75) is 12.1 Å². The zero-order valence-corrected chi connectivity index (χ0v) is 11.2. The molecule has 2 aliphatic rings. The van der Waals surface area contributed by atoms with E-state index in [1.54, 1.807) is 24.3 Å². The van der Waals surface area contributed by atoms with Gasteiger partial charge in [-0.1, -0.05) is 24.3 Å². The molecule has 0 radical (unpaired) electrons. The molecule has 0 aliphatic carbocycles. The first kappa shape index (κ1) is 13.8. The molecule has 9 nitrogen and oxygen atoms in total. The number of fused-ring (bicyclic) bond motifs is 4. The van der Waals surface area contributed by atoms with Gasteiger partial charge in [0.15, 0.2) is 6.04 Å². The molecule has 2 N–H and O–H groups in total. The summed E-state index contributed by atoms with van der Waals surface area (Å²) in [7, 11) is -4.89. The van der Waals surface area contributed by atoms with Gasteiger partial charge in [0, 0.05) is 0 Å². The summed E-state index contributed by atoms with van der Waals surface area (Å²) in [6.45, 7) is -0.0394. The van der Waals surface area contributed by atoms with Gasteiger partial charge in [0.2, 0.25) is 0 Å². The first-order valence-electron chi connectivity index (χ1n) is 5.88. The zero-order valence-electron chi connectivity index (χ0n) is 10.4. The molecule has 2 aliphatic heterocycles. The second-order valence-electron chi connectivity index (χ2n) is 4.65. The molecular weight excluding hydrogens is 304 g/mol. The lowest BCUT2D eigenvalue weighted by Gasteiger charge is -2.29. The summed E-state index contributed by atoms with van der Waals surface area (Å²) in [6, 6.07) is 3.46. The van der Waals surface area contributed by atoms with E-state index in [-0.39, 0.29) is 6.54 Å². The Morgan fingerprint density at radius 1 is 1.29 bits per heavy atom. The highest BCUT2D eigenvalue weighted by Gasteiger charge is 2.52. The highest BCUT2D eigenvalue weighted by Crippen LogP contribution is 2.43. The molecule has 0 aromatic heterocycles. The lowest BCUT2D eigenvalue weighted by Crippen LogP contribution is -2.38. The van der Waals surface area contributed by atoms with E-state index in [0.29, 0.717) is 16.2 Å². The van der Waals surface area contributed by atoms with Crippen LogP contribution in [0.4, 0.5) is 4.79 Å². The first-order valence-corrected chi connectivity index (χ1v) is 7.24. The van der Waals surface area contributed by atoms with Gasteiger partial charge in [-0.3, -0.25) is 4.55 Å². The van der Waals surface area contributed by atoms with Crippen LogP contribution < -0.4 is 0 Å². The number of carbonyl (C=O) groups excluding carboxylic acids is 1. The van der Waals surface area contributed by atoms with Crippen molar-refractivity contribution in [1.29, 1.82) is 0 Å². The minimum absolute atomic E-state index is 0.0394. The number of nitrogens with zero attached hydrogens (tertiary/aromatic N) is 2. The smallest absolute Gasteiger partial charge is 0.418 e. The Bertz CT molecular complexity index is 732. The van der Waals surface area contributed by atoms with Crippen molar-refractivity contribution < 1.29 is 31.9 Å². The zero-order chi connectivity index (χ0) is 15.4. The Morgan fingerprint density at radius 2 is 1.90 bits per heavy atom. The van der Waals surface area contributed by atoms with Crippen LogP contribution in [0.3, 0.4) is 0 Å². The van der Waals surface area contributed by atoms with E-state index in [2.05, 4.69) is 4.28 Å². The lowest BCUT2D eigenvalue weighted by atomic mass is 9.91. The number of hydroxylamine groups is 2. The predicted molar refractivity (Wildman–Crippen MR) is 66.1 cm³/mol. The van der Waals surface area contributed by atoms with Gasteiger partial charge in [-0.05, 0) is 11.1 Å². The number of carboxylic acids is 1. The summed E-state index contributed by atoms with van der Waals surface area (Å²) in [4.78, 5) is 24.5. The third-order valence-corrected chi connectivity index (χ3v) is 3.81. The summed E-state index contributed by atoms with van der Waals surface area (Å²) >= 11 is 0. The molecule has 2 heterocycles. The molecule has 1 aromatic carbocycles. The van der Waals surface area contributed by atoms with Gasteiger partial charge in [-0.2, -0.15) is 13.5 Å². The van der Waals surface area contributed by atoms with Gasteiger partial charge in [0.25, 0.3) is 0 Å². The Morgan fingerprint density at radius 3 is 2.48 bits per heavy atom. The number of hydrogen-bond donors (Lipinski definition) is 2. The summed E-state index contributed by atoms with van der Waals surface area (Å²) in [5.41, 5.74) is 0.853. The highest BCUT2D eigenvalue weighted by molar-refractivity contribution is 7.80. The molecule has 21 heavy (non-hydrogen) atoms. The predicted octanol–water partition coefficient (Wildman–Crippen LogP) is 0.339. The van der Waals surface area contributed by atoms with E-state index in [4.69, 9.17) is 4.55 Å². The Balaban J connectivity index is 2.11. The average molecular weight is 314 g/mol. The van der Waals surface area contributed by atoms with Crippen LogP contribution in [0.2, 0.25) is 0 Å². The minimum atomic E-state index is -4.89. The van der Waals surface area contributed by atoms with Crippen molar-refractivity contribution in [3.05, 3.63) is 35.4 Å². The molecule has 0 spiro atoms. The van der Waals surface area contributed by atoms with E-state index in [1.165, 1.54) is 0 Å². The second kappa shape index (κ2) is 4.41. The molecule has 1 aromatic rings. The fourth-order valence-corrected chi connectivity index (χ4v) is 3.09. The van der Waals surface area contributed by atoms with Crippen LogP contribution in [-0.2, 0) is 19.5 Å². The van der Waals surface area contributed by atoms with Crippen LogP contribution in [0, 0.1) is 0 Å². The van der Waals surface area contributed by atoms with E-state index in [1.807, 2.05) is 0 Å². The van der Waals surface area contributed by atoms with Crippen LogP contribution >= 0.6 is 0 Å². The summed E-state index contributed by atoms with van der Waals surface area (Å²) in [6.07, 6.45) is 0. The third-order valence-electron chi connectivity index (χ3n) is 3.46. The van der Waals surface area contributed by atoms with Gasteiger partial charge in [0.05, 0.1) is 6.54 Å². The minimum Gasteiger partial charge on any atom is -0.479 e. The van der Waals surface area contributed by atoms with Crippen LogP contribution in [-0.4, -0.2) is 46.6 Å². The number of benzene rings is 1. The molecule has 3 rings (SSSR count). The largest absolute Gasteiger partial charge is 0.479 e. The summed E-state index contributed by atoms with van der Waals surface area (Å²) in [5.74, 6) is -1.23. The highest BCUT2D eigenvalue weighted by atomic mass is 32.3. The lowest BCUT2D eigenvalue weighted by molar-refractivity contribution is -0.142. The number of carbonyl (C=O) groups is 2. The van der Waals surface area contributed by atoms with E-state index >= 15 is 0 Å². The number of carboxylic acid groups (broad SMARTS) is 1. The van der Waals surface area contributed by atoms with Crippen molar-refractivity contribution >= 4 is 22.4 Å². The van der Waals surface area contributed by atoms with Gasteiger partial charge < -0.3 is 10.0 Å². The molecule has 1 fully saturated rings. The van der Waals surface area contributed by atoms with Crippen LogP contribution in [0.15, 0.2) is 24.3 Å². The molecule has 1 saturated heterocycles. The Kier molecular flexibility index (Phi) is 2.90. The van der Waals surface area contributed by atoms with Crippen molar-refractivity contribution in [3.63, 3.8) is 0 Å². The Hall–Kier alpha value is -2.17. The normalized spacial score (nSPS) is 24.1. The fourth-order valence-electron chi connectivity index (χ4n) is 2.72. The van der Waals surface area contributed by atoms with Gasteiger partial charge in [-0.15, -0.1) is 4.28 Å². The summed E-state index contributed by atoms with van der Waals surface area (Å²) in [5, 5.41) is 9.80. The van der Waals surface area contributed by atoms with Crippen molar-refractivity contribution in [3.8, 4) is 0 Å². The molecule has 2 amide bonds. The van der Waals surface area contributed by atoms with Gasteiger partial charge >= 0.3 is 22.4 Å². The molecule has 0 saturated carbocycles. The van der Waals surface area contributed by atoms with Crippen LogP contribution in [0.1, 0.15) is 23.2 Å². The summed E-state index contributed by atoms with van der Waals surface area (Å²) < 4.78 is 34.8. The molecular formula is C11H10N2O7S. The molecule has 10 heteroatoms. The maximum absolute atomic E-state index is 12.1. The number of amides is 2. The average Bonchev–Trinajstić information content (AvgIpc) is 2.64. The van der Waals surface area contributed by atoms with E-state index < -0.39 is 34.5 Å². The van der Waals surface area contributed by atoms with Gasteiger partial charge in [-0.25, -0.2) is 9.59 Å². The SMILES string of the molecule is O=C(O)[C@H]1c2ccccc2[C@@H]2CN1C(=O)N2OS(=O)(=O)O. The topological polar surface area (TPSA) is 124 Å². The molecule has 112 valence electrons. The first-order chi connectivity index (χ1) is 9.79. The molecule has 0 unspecified atom stereocenters. The molecule has 2 atom stereocenters. The monoisotopic (exact) mass is 314 g/mol. The van der Waals surface area contributed by atoms with Crippen LogP contribution in [0.5, 0.6) is 0 Å². The maximum Gasteiger partial charge on any atom is 0.418 e. The van der Waals surface area contributed by atoms with Crippen LogP contribution in [0.25, 0.3) is 0 Å². The quantitative estimate of drug-likeness (QED) is 0.771. The van der Waals surface area contributed by atoms with Gasteiger partial charge in [0.1, 0.15) is 6.04 Å². The maximum atomic E-state index is 12.1. The number of hydrogen-bond acceptors (Lipinski definition) is 5. The van der Waals surface area contributed by atoms with E-state index in [0.717, 1.165) is 4.90 Å². The van der Waals surface area contributed by atoms with E-state index in [9.17, 15) is 23.1 Å². The van der Waals surface area contributed by atoms with Crippen molar-refractivity contribution in [2.75, 3.05) is 6.54 Å². The molecule has 2 bridgehead atoms. The number of rotatable bonds is 3. The standard InChI is InChI=1S/C11H10N2O7S/c14-10(15)9-7-4-2-1-3-6(7)8-5-12(9)11(16)13(8)20-21(17,18)19/h1-4,8-9H,5H2,(H,14,15)(H,17,18,19)/t8-,9+/m0/s1.